The van der Waals surface area contributed by atoms with Crippen LogP contribution in [0, 0.1) is 11.7 Å². The monoisotopic (exact) mass is 265 g/mol. The normalized spacial score (nSPS) is 19.5. The van der Waals surface area contributed by atoms with E-state index in [-0.39, 0.29) is 5.82 Å². The molecule has 3 heteroatoms. The van der Waals surface area contributed by atoms with Gasteiger partial charge in [0.2, 0.25) is 0 Å². The molecule has 0 saturated carbocycles. The van der Waals surface area contributed by atoms with Crippen LogP contribution in [0.4, 0.5) is 4.39 Å². The number of aliphatic hydroxyl groups is 1. The van der Waals surface area contributed by atoms with Crippen LogP contribution in [0.2, 0.25) is 0 Å². The second-order valence-corrected chi connectivity index (χ2v) is 5.57. The van der Waals surface area contributed by atoms with Gasteiger partial charge in [-0.3, -0.25) is 0 Å². The highest BCUT2D eigenvalue weighted by molar-refractivity contribution is 5.20. The summed E-state index contributed by atoms with van der Waals surface area (Å²) in [6.45, 7) is 4.82. The Kier molecular flexibility index (Phi) is 5.34. The van der Waals surface area contributed by atoms with Crippen molar-refractivity contribution in [3.8, 4) is 0 Å². The van der Waals surface area contributed by atoms with Crippen LogP contribution in [-0.2, 0) is 0 Å². The van der Waals surface area contributed by atoms with Crippen molar-refractivity contribution in [2.75, 3.05) is 19.6 Å². The van der Waals surface area contributed by atoms with Crippen molar-refractivity contribution >= 4 is 0 Å². The van der Waals surface area contributed by atoms with Gasteiger partial charge in [-0.25, -0.2) is 4.39 Å². The zero-order valence-electron chi connectivity index (χ0n) is 11.7. The lowest BCUT2D eigenvalue weighted by Gasteiger charge is -2.33. The molecular weight excluding hydrogens is 241 g/mol. The number of likely N-dealkylation sites (tertiary alicyclic amines) is 1. The molecule has 1 aromatic rings. The summed E-state index contributed by atoms with van der Waals surface area (Å²) in [5, 5.41) is 10.1. The largest absolute Gasteiger partial charge is 0.387 e. The van der Waals surface area contributed by atoms with Gasteiger partial charge in [0, 0.05) is 12.1 Å². The molecule has 0 amide bonds. The van der Waals surface area contributed by atoms with Gasteiger partial charge < -0.3 is 10.0 Å². The lowest BCUT2D eigenvalue weighted by Crippen LogP contribution is -2.36. The van der Waals surface area contributed by atoms with Crippen LogP contribution in [0.5, 0.6) is 0 Å². The molecule has 1 unspecified atom stereocenters. The Labute approximate surface area is 115 Å². The van der Waals surface area contributed by atoms with E-state index in [4.69, 9.17) is 0 Å². The molecule has 0 aromatic heterocycles. The van der Waals surface area contributed by atoms with E-state index in [0.29, 0.717) is 12.1 Å². The van der Waals surface area contributed by atoms with E-state index in [2.05, 4.69) is 11.8 Å². The molecular formula is C16H24FNO. The first-order chi connectivity index (χ1) is 9.20. The summed E-state index contributed by atoms with van der Waals surface area (Å²) in [5.74, 6) is 0.530. The van der Waals surface area contributed by atoms with Gasteiger partial charge in [-0.1, -0.05) is 38.0 Å². The van der Waals surface area contributed by atoms with Gasteiger partial charge >= 0.3 is 0 Å². The van der Waals surface area contributed by atoms with E-state index < -0.39 is 6.10 Å². The molecule has 1 aliphatic heterocycles. The number of piperidine rings is 1. The van der Waals surface area contributed by atoms with Crippen LogP contribution in [0.3, 0.4) is 0 Å². The zero-order chi connectivity index (χ0) is 13.7. The van der Waals surface area contributed by atoms with E-state index in [1.807, 2.05) is 0 Å². The van der Waals surface area contributed by atoms with Gasteiger partial charge in [0.15, 0.2) is 0 Å². The molecule has 1 N–H and O–H groups in total. The van der Waals surface area contributed by atoms with Crippen LogP contribution in [-0.4, -0.2) is 29.6 Å². The van der Waals surface area contributed by atoms with Crippen molar-refractivity contribution in [3.05, 3.63) is 35.6 Å². The molecule has 2 nitrogen and oxygen atoms in total. The molecule has 1 aromatic carbocycles. The number of aliphatic hydroxyl groups excluding tert-OH is 1. The lowest BCUT2D eigenvalue weighted by molar-refractivity contribution is 0.0857. The zero-order valence-corrected chi connectivity index (χ0v) is 11.7. The topological polar surface area (TPSA) is 23.5 Å². The number of benzene rings is 1. The highest BCUT2D eigenvalue weighted by Crippen LogP contribution is 2.24. The van der Waals surface area contributed by atoms with E-state index in [9.17, 15) is 9.50 Å². The third-order valence-electron chi connectivity index (χ3n) is 4.10. The number of nitrogens with zero attached hydrogens (tertiary/aromatic N) is 1. The average Bonchev–Trinajstić information content (AvgIpc) is 2.42. The standard InChI is InChI=1S/C16H24FNO/c1-2-5-13-8-10-18(11-9-13)12-16(19)14-6-3-4-7-15(14)17/h3-4,6-7,13,16,19H,2,5,8-12H2,1H3. The summed E-state index contributed by atoms with van der Waals surface area (Å²) < 4.78 is 13.6. The Balaban J connectivity index is 1.84. The third kappa shape index (κ3) is 4.02. The fourth-order valence-corrected chi connectivity index (χ4v) is 2.95. The molecule has 1 aliphatic rings. The first kappa shape index (κ1) is 14.5. The Morgan fingerprint density at radius 2 is 2.00 bits per heavy atom. The first-order valence-corrected chi connectivity index (χ1v) is 7.35. The highest BCUT2D eigenvalue weighted by atomic mass is 19.1. The lowest BCUT2D eigenvalue weighted by atomic mass is 9.92. The number of hydrogen-bond donors (Lipinski definition) is 1. The molecule has 106 valence electrons. The summed E-state index contributed by atoms with van der Waals surface area (Å²) >= 11 is 0. The van der Waals surface area contributed by atoms with Crippen molar-refractivity contribution in [2.24, 2.45) is 5.92 Å². The Morgan fingerprint density at radius 3 is 2.63 bits per heavy atom. The van der Waals surface area contributed by atoms with Crippen molar-refractivity contribution < 1.29 is 9.50 Å². The number of halogens is 1. The van der Waals surface area contributed by atoms with Gasteiger partial charge in [0.25, 0.3) is 0 Å². The minimum atomic E-state index is -0.719. The smallest absolute Gasteiger partial charge is 0.129 e. The summed E-state index contributed by atoms with van der Waals surface area (Å²) in [7, 11) is 0. The molecule has 0 bridgehead atoms. The molecule has 2 rings (SSSR count). The quantitative estimate of drug-likeness (QED) is 0.882. The van der Waals surface area contributed by atoms with Crippen molar-refractivity contribution in [1.82, 2.24) is 4.90 Å². The van der Waals surface area contributed by atoms with Crippen molar-refractivity contribution in [1.29, 1.82) is 0 Å². The maximum atomic E-state index is 13.6. The van der Waals surface area contributed by atoms with Crippen LogP contribution in [0.1, 0.15) is 44.3 Å². The molecule has 1 heterocycles. The number of β-amino-alcohol motifs (C(OH)–C–C–N with tert-alkyl or cyclic N) is 1. The second kappa shape index (κ2) is 7.01. The van der Waals surface area contributed by atoms with Crippen LogP contribution in [0.25, 0.3) is 0 Å². The summed E-state index contributed by atoms with van der Waals surface area (Å²) in [4.78, 5) is 2.25. The Hall–Kier alpha value is -0.930. The fourth-order valence-electron chi connectivity index (χ4n) is 2.95. The highest BCUT2D eigenvalue weighted by Gasteiger charge is 2.22. The predicted octanol–water partition coefficient (Wildman–Crippen LogP) is 3.37. The van der Waals surface area contributed by atoms with E-state index >= 15 is 0 Å². The molecule has 0 aliphatic carbocycles. The molecule has 0 radical (unpaired) electrons. The molecule has 1 fully saturated rings. The van der Waals surface area contributed by atoms with Crippen molar-refractivity contribution in [3.63, 3.8) is 0 Å². The third-order valence-corrected chi connectivity index (χ3v) is 4.10. The Morgan fingerprint density at radius 1 is 1.32 bits per heavy atom. The summed E-state index contributed by atoms with van der Waals surface area (Å²) in [6.07, 6.45) is 4.26. The minimum Gasteiger partial charge on any atom is -0.387 e. The van der Waals surface area contributed by atoms with Gasteiger partial charge in [-0.15, -0.1) is 0 Å². The molecule has 19 heavy (non-hydrogen) atoms. The molecule has 0 spiro atoms. The van der Waals surface area contributed by atoms with Crippen LogP contribution in [0.15, 0.2) is 24.3 Å². The number of rotatable bonds is 5. The van der Waals surface area contributed by atoms with Gasteiger partial charge in [-0.2, -0.15) is 0 Å². The van der Waals surface area contributed by atoms with Crippen LogP contribution >= 0.6 is 0 Å². The second-order valence-electron chi connectivity index (χ2n) is 5.57. The number of hydrogen-bond acceptors (Lipinski definition) is 2. The van der Waals surface area contributed by atoms with Crippen LogP contribution < -0.4 is 0 Å². The summed E-state index contributed by atoms with van der Waals surface area (Å²) in [5.41, 5.74) is 0.415. The van der Waals surface area contributed by atoms with Gasteiger partial charge in [0.05, 0.1) is 6.10 Å². The molecule has 1 atom stereocenters. The van der Waals surface area contributed by atoms with Gasteiger partial charge in [0.1, 0.15) is 5.82 Å². The fraction of sp³-hybridized carbons (Fsp3) is 0.625. The van der Waals surface area contributed by atoms with Crippen molar-refractivity contribution in [2.45, 2.75) is 38.7 Å². The maximum absolute atomic E-state index is 13.6. The maximum Gasteiger partial charge on any atom is 0.129 e. The minimum absolute atomic E-state index is 0.309. The SMILES string of the molecule is CCCC1CCN(CC(O)c2ccccc2F)CC1. The van der Waals surface area contributed by atoms with E-state index in [1.165, 1.54) is 31.7 Å². The van der Waals surface area contributed by atoms with Gasteiger partial charge in [-0.05, 0) is 37.9 Å². The average molecular weight is 265 g/mol. The van der Waals surface area contributed by atoms with E-state index in [0.717, 1.165) is 19.0 Å². The van der Waals surface area contributed by atoms with E-state index in [1.54, 1.807) is 18.2 Å². The summed E-state index contributed by atoms with van der Waals surface area (Å²) in [6, 6.07) is 6.51. The molecule has 1 saturated heterocycles. The Bertz CT molecular complexity index is 388. The predicted molar refractivity (Wildman–Crippen MR) is 75.4 cm³/mol. The first-order valence-electron chi connectivity index (χ1n) is 7.35.